The lowest BCUT2D eigenvalue weighted by atomic mass is 9.47. The molecule has 1 aromatic heterocycles. The molecular formula is C97H135N5O23. The largest absolute Gasteiger partial charge is 0.496 e. The molecule has 1 unspecified atom stereocenters. The van der Waals surface area contributed by atoms with E-state index >= 15 is 4.79 Å². The number of Topliss-reactive ketones (excluding diaryl/α,β-unsaturated/α-hetero) is 3. The number of amides is 2. The molecule has 125 heavy (non-hydrogen) atoms. The number of H-pyrrole nitrogens is 1. The number of cyclic esters (lactones) is 1. The number of esters is 4. The van der Waals surface area contributed by atoms with E-state index < -0.39 is 147 Å². The third kappa shape index (κ3) is 18.1. The standard InChI is InChI=1S/C51H79NO13.C46H56N4O10/c1-30-16-12-11-13-17-31(2)42(61-8)28-38-21-19-36(7)51(60,65-38)48(57)49(58)52-23-15-14-18-39(52)50(59)64-43(33(4)26-37-20-22-40(53)44(27-37)62-9)29-41(54)32(3)25-35(6)46(56)47(63-10)45(55)34(5)24-30;1-7-42(55)22-28-23-45(40(53)58-5,36-30(14-18-48(24-28)25-42)29-12-9-10-13-33(29)47-36)32-20-31-34(21-35(32)57-4)50(26-51)38-44(31)16-19-49-17-11-15-43(8-2,37(44)49)39(60-27(3)52)46(38,56)41(54)59-6/h11-13,16-17,25,30,32-34,36-40,42-44,46-47,53,56,60H,14-15,18-24,26-29H2,1-10H3;9-13,15,20-21,26,28,37-39,47,55-56H,7-8,14,16-19,22-25H2,1-6H3/b13-11?,16-12+,31-17?,35-25+;/t30-,32-,33-,34-,36-,37+,38+,39+,40-,42+,43+,44-,46-,47+,51-;28-,37+,38-,39-,42+,43-,44-,45+,46+/m11/s1. The highest BCUT2D eigenvalue weighted by molar-refractivity contribution is 6.39. The minimum absolute atomic E-state index is 0.0193. The van der Waals surface area contributed by atoms with E-state index in [2.05, 4.69) is 20.9 Å². The van der Waals surface area contributed by atoms with Crippen LogP contribution in [0.5, 0.6) is 5.75 Å². The zero-order valence-corrected chi connectivity index (χ0v) is 75.9. The van der Waals surface area contributed by atoms with Crippen molar-refractivity contribution < 1.29 is 111 Å². The van der Waals surface area contributed by atoms with Crippen LogP contribution in [0.2, 0.25) is 0 Å². The average Bonchev–Trinajstić information content (AvgIpc) is 1.48. The summed E-state index contributed by atoms with van der Waals surface area (Å²) in [5, 5.41) is 60.1. The highest BCUT2D eigenvalue weighted by Gasteiger charge is 2.81. The quantitative estimate of drug-likeness (QED) is 0.0287. The summed E-state index contributed by atoms with van der Waals surface area (Å²) in [6.07, 6.45) is 17.0. The number of aliphatic hydroxyl groups is 5. The number of para-hydroxylation sites is 1. The number of aromatic nitrogens is 1. The van der Waals surface area contributed by atoms with Gasteiger partial charge in [-0.2, -0.15) is 0 Å². The molecule has 686 valence electrons. The van der Waals surface area contributed by atoms with Gasteiger partial charge in [0.15, 0.2) is 11.9 Å². The van der Waals surface area contributed by atoms with Crippen molar-refractivity contribution in [1.29, 1.82) is 0 Å². The molecule has 2 aliphatic carbocycles. The van der Waals surface area contributed by atoms with Gasteiger partial charge < -0.3 is 82.9 Å². The normalized spacial score (nSPS) is 37.8. The molecule has 4 bridgehead atoms. The van der Waals surface area contributed by atoms with Crippen molar-refractivity contribution in [2.45, 2.75) is 280 Å². The Kier molecular flexibility index (Phi) is 30.3. The smallest absolute Gasteiger partial charge is 0.344 e. The third-order valence-corrected chi connectivity index (χ3v) is 30.0. The van der Waals surface area contributed by atoms with Crippen LogP contribution in [-0.4, -0.2) is 265 Å². The minimum Gasteiger partial charge on any atom is -0.496 e. The van der Waals surface area contributed by atoms with Crippen LogP contribution in [0.3, 0.4) is 0 Å². The number of ketones is 3. The molecule has 2 amide bonds. The van der Waals surface area contributed by atoms with Crippen LogP contribution in [0.4, 0.5) is 5.69 Å². The van der Waals surface area contributed by atoms with Crippen molar-refractivity contribution >= 4 is 70.1 Å². The molecule has 25 atom stereocenters. The Bertz CT molecular complexity index is 4630. The fraction of sp³-hybridized carbons (Fsp3) is 0.660. The molecule has 2 aromatic carbocycles. The van der Waals surface area contributed by atoms with Crippen molar-refractivity contribution in [3.05, 3.63) is 119 Å². The second kappa shape index (κ2) is 39.4. The summed E-state index contributed by atoms with van der Waals surface area (Å²) in [5.41, 5.74) is -1.88. The first-order valence-electron chi connectivity index (χ1n) is 45.2. The number of carbonyl (C=O) groups excluding carboxylic acids is 9. The number of fused-ring (bicyclic) bond motifs is 9. The Hall–Kier alpha value is -8.13. The van der Waals surface area contributed by atoms with E-state index in [0.717, 1.165) is 28.5 Å². The number of benzene rings is 2. The molecule has 13 rings (SSSR count). The van der Waals surface area contributed by atoms with Crippen molar-refractivity contribution in [1.82, 2.24) is 19.7 Å². The number of nitrogens with one attached hydrogen (secondary N) is 1. The monoisotopic (exact) mass is 1740 g/mol. The molecule has 28 nitrogen and oxygen atoms in total. The Morgan fingerprint density at radius 2 is 1.54 bits per heavy atom. The van der Waals surface area contributed by atoms with Gasteiger partial charge in [-0.05, 0) is 181 Å². The molecule has 3 aromatic rings. The van der Waals surface area contributed by atoms with E-state index in [-0.39, 0.29) is 67.1 Å². The molecule has 8 aliphatic heterocycles. The van der Waals surface area contributed by atoms with E-state index in [1.165, 1.54) is 45.2 Å². The Morgan fingerprint density at radius 3 is 2.22 bits per heavy atom. The predicted molar refractivity (Wildman–Crippen MR) is 466 cm³/mol. The highest BCUT2D eigenvalue weighted by Crippen LogP contribution is 2.69. The van der Waals surface area contributed by atoms with E-state index in [4.69, 9.17) is 42.6 Å². The minimum atomic E-state index is -2.53. The Morgan fingerprint density at radius 1 is 0.792 bits per heavy atom. The number of aliphatic hydroxyl groups excluding tert-OH is 2. The molecule has 9 heterocycles. The van der Waals surface area contributed by atoms with E-state index in [9.17, 15) is 63.9 Å². The molecule has 4 saturated heterocycles. The molecular weight excluding hydrogens is 1600 g/mol. The summed E-state index contributed by atoms with van der Waals surface area (Å²) in [4.78, 5) is 138. The number of anilines is 1. The van der Waals surface area contributed by atoms with Crippen LogP contribution in [-0.2, 0) is 98.3 Å². The lowest BCUT2D eigenvalue weighted by Gasteiger charge is -2.63. The second-order valence-electron chi connectivity index (χ2n) is 37.7. The van der Waals surface area contributed by atoms with Gasteiger partial charge in [0, 0.05) is 137 Å². The number of rotatable bonds is 14. The number of carbonyl (C=O) groups is 9. The number of piperidine rings is 2. The first-order valence-corrected chi connectivity index (χ1v) is 45.2. The number of hydrogen-bond acceptors (Lipinski definition) is 25. The van der Waals surface area contributed by atoms with Crippen LogP contribution in [0, 0.1) is 46.8 Å². The topological polar surface area (TPSA) is 367 Å². The van der Waals surface area contributed by atoms with Crippen molar-refractivity contribution in [2.24, 2.45) is 46.8 Å². The van der Waals surface area contributed by atoms with E-state index in [0.29, 0.717) is 163 Å². The Labute approximate surface area is 735 Å². The lowest BCUT2D eigenvalue weighted by Crippen LogP contribution is -2.81. The summed E-state index contributed by atoms with van der Waals surface area (Å²) in [5.74, 6) is -10.0. The van der Waals surface area contributed by atoms with Crippen LogP contribution in [0.15, 0.2) is 96.2 Å². The van der Waals surface area contributed by atoms with Crippen LogP contribution in [0.1, 0.15) is 201 Å². The first kappa shape index (κ1) is 96.0. The molecule has 1 spiro atoms. The van der Waals surface area contributed by atoms with Crippen molar-refractivity contribution in [3.63, 3.8) is 0 Å². The molecule has 10 aliphatic rings. The number of ether oxygens (including phenoxy) is 9. The summed E-state index contributed by atoms with van der Waals surface area (Å²) in [7, 11) is 8.61. The zero-order valence-electron chi connectivity index (χ0n) is 75.9. The first-order chi connectivity index (χ1) is 59.5. The van der Waals surface area contributed by atoms with Crippen LogP contribution < -0.4 is 9.64 Å². The summed E-state index contributed by atoms with van der Waals surface area (Å²) in [6.45, 7) is 20.9. The van der Waals surface area contributed by atoms with Crippen molar-refractivity contribution in [2.75, 3.05) is 86.8 Å². The van der Waals surface area contributed by atoms with E-state index in [1.54, 1.807) is 47.1 Å². The van der Waals surface area contributed by atoms with E-state index in [1.807, 2.05) is 108 Å². The van der Waals surface area contributed by atoms with Gasteiger partial charge >= 0.3 is 23.9 Å². The van der Waals surface area contributed by atoms with Crippen LogP contribution in [0.25, 0.3) is 10.9 Å². The number of allylic oxidation sites excluding steroid dienone is 6. The van der Waals surface area contributed by atoms with Crippen LogP contribution >= 0.6 is 0 Å². The number of hydrogen-bond donors (Lipinski definition) is 6. The van der Waals surface area contributed by atoms with Gasteiger partial charge in [-0.25, -0.2) is 9.59 Å². The highest BCUT2D eigenvalue weighted by atomic mass is 16.6. The molecule has 6 fully saturated rings. The van der Waals surface area contributed by atoms with Gasteiger partial charge in [0.1, 0.15) is 41.3 Å². The van der Waals surface area contributed by atoms with Gasteiger partial charge in [0.25, 0.3) is 11.7 Å². The van der Waals surface area contributed by atoms with Crippen molar-refractivity contribution in [3.8, 4) is 5.75 Å². The number of methoxy groups -OCH3 is 6. The molecule has 2 saturated carbocycles. The Balaban J connectivity index is 0.000000228. The molecule has 28 heteroatoms. The zero-order chi connectivity index (χ0) is 90.7. The summed E-state index contributed by atoms with van der Waals surface area (Å²) >= 11 is 0. The third-order valence-electron chi connectivity index (χ3n) is 30.0. The number of nitrogens with zero attached hydrogens (tertiary/aromatic N) is 4. The number of aromatic amines is 1. The fourth-order valence-corrected chi connectivity index (χ4v) is 23.5. The summed E-state index contributed by atoms with van der Waals surface area (Å²) in [6, 6.07) is 8.83. The van der Waals surface area contributed by atoms with Gasteiger partial charge in [0.2, 0.25) is 17.8 Å². The second-order valence-corrected chi connectivity index (χ2v) is 37.7. The van der Waals surface area contributed by atoms with Gasteiger partial charge in [-0.15, -0.1) is 0 Å². The molecule has 0 radical (unpaired) electrons. The lowest BCUT2D eigenvalue weighted by molar-refractivity contribution is -0.265. The van der Waals surface area contributed by atoms with Gasteiger partial charge in [0.05, 0.1) is 63.1 Å². The van der Waals surface area contributed by atoms with Gasteiger partial charge in [-0.1, -0.05) is 115 Å². The fourth-order valence-electron chi connectivity index (χ4n) is 23.5. The maximum Gasteiger partial charge on any atom is 0.344 e. The predicted octanol–water partition coefficient (Wildman–Crippen LogP) is 9.70. The van der Waals surface area contributed by atoms with Gasteiger partial charge in [-0.3, -0.25) is 43.4 Å². The summed E-state index contributed by atoms with van der Waals surface area (Å²) < 4.78 is 53.0. The molecule has 6 N–H and O–H groups in total. The average molecular weight is 1740 g/mol. The maximum atomic E-state index is 15.3. The maximum absolute atomic E-state index is 15.3. The SMILES string of the molecule is CC[C@]1(O)C[C@H]2CN(CCc3c([nH]c4ccccc34)[C@@](C(=O)OC)(c3cc4c(cc3OC)N(C=O)[C@H]3[C@@](O)(C(=O)OC)[C@H](OC(C)=O)[C@]5(CC)C=CCN6CC[C@]43[C@@H]65)C2)C1.CO[C@H]1C[C@@H]2CC[C@@H](C)[C@@](O)(O2)C(=O)C(=O)N2CCCC[C@H]2C(=O)O[C@H]([C@H](C)C[C@@H]2CC[C@@H](O)[C@H](OC)C2)CC(=O)[C@H](C)/C=C(\C)[C@@H](O)[C@@H](OC)C(=O)[C@H](C)C[C@H](C)/C=C/C=CC=C1C.